The topological polar surface area (TPSA) is 8.81 Å². The lowest BCUT2D eigenvalue weighted by Crippen LogP contribution is -2.48. The third-order valence-corrected chi connectivity index (χ3v) is 8.75. The van der Waals surface area contributed by atoms with Crippen LogP contribution in [0.1, 0.15) is 46.1 Å². The molecule has 2 bridgehead atoms. The Balaban J connectivity index is 1.55. The monoisotopic (exact) mass is 381 g/mol. The van der Waals surface area contributed by atoms with Gasteiger partial charge in [0.15, 0.2) is 11.0 Å². The van der Waals surface area contributed by atoms with Crippen LogP contribution >= 0.6 is 0 Å². The largest absolute Gasteiger partial charge is 0.250 e. The molecular formula is C27H29N2+. The summed E-state index contributed by atoms with van der Waals surface area (Å²) < 4.78 is 5.00. The van der Waals surface area contributed by atoms with E-state index in [2.05, 4.69) is 103 Å². The molecule has 3 aromatic carbocycles. The highest BCUT2D eigenvalue weighted by Crippen LogP contribution is 2.68. The third-order valence-electron chi connectivity index (χ3n) is 8.75. The Bertz CT molecular complexity index is 1250. The fourth-order valence-electron chi connectivity index (χ4n) is 6.50. The maximum Gasteiger partial charge on any atom is 0.250 e. The maximum atomic E-state index is 2.60. The van der Waals surface area contributed by atoms with Crippen LogP contribution in [-0.2, 0) is 0 Å². The van der Waals surface area contributed by atoms with Gasteiger partial charge < -0.3 is 0 Å². The summed E-state index contributed by atoms with van der Waals surface area (Å²) in [5, 5.41) is 2.59. The van der Waals surface area contributed by atoms with Crippen molar-refractivity contribution in [2.45, 2.75) is 46.1 Å². The Kier molecular flexibility index (Phi) is 3.40. The van der Waals surface area contributed by atoms with Crippen LogP contribution in [0, 0.1) is 16.7 Å². The molecule has 2 heteroatoms. The number of para-hydroxylation sites is 2. The van der Waals surface area contributed by atoms with E-state index >= 15 is 0 Å². The molecule has 1 heterocycles. The van der Waals surface area contributed by atoms with Gasteiger partial charge in [0.05, 0.1) is 0 Å². The molecule has 2 saturated carbocycles. The van der Waals surface area contributed by atoms with Crippen LogP contribution in [0.4, 0.5) is 0 Å². The Labute approximate surface area is 172 Å². The van der Waals surface area contributed by atoms with E-state index in [1.165, 1.54) is 46.8 Å². The Hall–Kier alpha value is -2.61. The van der Waals surface area contributed by atoms with Gasteiger partial charge in [0.1, 0.15) is 11.7 Å². The van der Waals surface area contributed by atoms with Crippen molar-refractivity contribution in [3.8, 4) is 5.69 Å². The van der Waals surface area contributed by atoms with Crippen molar-refractivity contribution in [3.63, 3.8) is 0 Å². The molecule has 0 spiro atoms. The third kappa shape index (κ3) is 2.20. The Morgan fingerprint density at radius 1 is 0.897 bits per heavy atom. The molecule has 4 aromatic rings. The SMILES string of the molecule is CC1(C)C2CC[C@@]1(C)[C@@H]([n+]1cn(-c3ccc4ccccc4c3)c3ccccc31)C2. The lowest BCUT2D eigenvalue weighted by atomic mass is 9.69. The van der Waals surface area contributed by atoms with Gasteiger partial charge >= 0.3 is 0 Å². The number of imidazole rings is 1. The first kappa shape index (κ1) is 17.3. The number of fused-ring (bicyclic) bond motifs is 4. The number of benzene rings is 3. The predicted molar refractivity (Wildman–Crippen MR) is 119 cm³/mol. The molecule has 0 radical (unpaired) electrons. The van der Waals surface area contributed by atoms with Crippen LogP contribution in [0.3, 0.4) is 0 Å². The van der Waals surface area contributed by atoms with E-state index in [0.717, 1.165) is 5.92 Å². The zero-order valence-electron chi connectivity index (χ0n) is 17.6. The van der Waals surface area contributed by atoms with Crippen molar-refractivity contribution in [3.05, 3.63) is 73.1 Å². The van der Waals surface area contributed by atoms with Crippen LogP contribution in [-0.4, -0.2) is 4.57 Å². The summed E-state index contributed by atoms with van der Waals surface area (Å²) >= 11 is 0. The van der Waals surface area contributed by atoms with Gasteiger partial charge in [-0.2, -0.15) is 4.57 Å². The van der Waals surface area contributed by atoms with Crippen LogP contribution in [0.2, 0.25) is 0 Å². The second kappa shape index (κ2) is 5.72. The molecule has 1 aromatic heterocycles. The molecule has 29 heavy (non-hydrogen) atoms. The van der Waals surface area contributed by atoms with Gasteiger partial charge in [-0.15, -0.1) is 0 Å². The van der Waals surface area contributed by atoms with Gasteiger partial charge in [-0.3, -0.25) is 0 Å². The number of hydrogen-bond acceptors (Lipinski definition) is 0. The average molecular weight is 382 g/mol. The zero-order valence-corrected chi connectivity index (χ0v) is 17.6. The molecule has 1 unspecified atom stereocenters. The summed E-state index contributed by atoms with van der Waals surface area (Å²) in [5.74, 6) is 0.841. The molecular weight excluding hydrogens is 352 g/mol. The van der Waals surface area contributed by atoms with Gasteiger partial charge in [0, 0.05) is 5.41 Å². The van der Waals surface area contributed by atoms with Crippen molar-refractivity contribution in [2.24, 2.45) is 16.7 Å². The zero-order chi connectivity index (χ0) is 19.8. The van der Waals surface area contributed by atoms with E-state index < -0.39 is 0 Å². The molecule has 3 atom stereocenters. The normalized spacial score (nSPS) is 27.8. The average Bonchev–Trinajstić information content (AvgIpc) is 3.29. The van der Waals surface area contributed by atoms with E-state index in [-0.39, 0.29) is 0 Å². The number of hydrogen-bond donors (Lipinski definition) is 0. The first-order valence-electron chi connectivity index (χ1n) is 11.0. The molecule has 146 valence electrons. The molecule has 2 nitrogen and oxygen atoms in total. The summed E-state index contributed by atoms with van der Waals surface area (Å²) in [5.41, 5.74) is 4.67. The van der Waals surface area contributed by atoms with E-state index in [1.54, 1.807) is 0 Å². The van der Waals surface area contributed by atoms with Crippen molar-refractivity contribution >= 4 is 21.8 Å². The van der Waals surface area contributed by atoms with Crippen LogP contribution in [0.15, 0.2) is 73.1 Å². The van der Waals surface area contributed by atoms with Crippen molar-refractivity contribution < 1.29 is 4.57 Å². The van der Waals surface area contributed by atoms with Gasteiger partial charge in [0.2, 0.25) is 6.33 Å². The second-order valence-corrected chi connectivity index (χ2v) is 10.0. The highest BCUT2D eigenvalue weighted by Gasteiger charge is 2.64. The summed E-state index contributed by atoms with van der Waals surface area (Å²) in [6, 6.07) is 24.9. The van der Waals surface area contributed by atoms with Crippen LogP contribution in [0.25, 0.3) is 27.5 Å². The fourth-order valence-corrected chi connectivity index (χ4v) is 6.50. The van der Waals surface area contributed by atoms with E-state index in [1.807, 2.05) is 0 Å². The predicted octanol–water partition coefficient (Wildman–Crippen LogP) is 6.46. The fraction of sp³-hybridized carbons (Fsp3) is 0.370. The number of nitrogens with zero attached hydrogens (tertiary/aromatic N) is 2. The molecule has 0 amide bonds. The number of aromatic nitrogens is 2. The van der Waals surface area contributed by atoms with Gasteiger partial charge in [-0.25, -0.2) is 4.57 Å². The Morgan fingerprint density at radius 2 is 1.66 bits per heavy atom. The lowest BCUT2D eigenvalue weighted by molar-refractivity contribution is -0.713. The molecule has 2 aliphatic carbocycles. The smallest absolute Gasteiger partial charge is 0.226 e. The van der Waals surface area contributed by atoms with E-state index in [0.29, 0.717) is 16.9 Å². The summed E-state index contributed by atoms with van der Waals surface area (Å²) in [7, 11) is 0. The molecule has 2 aliphatic rings. The molecule has 2 fully saturated rings. The van der Waals surface area contributed by atoms with E-state index in [4.69, 9.17) is 0 Å². The summed E-state index contributed by atoms with van der Waals surface area (Å²) in [6.45, 7) is 7.56. The minimum atomic E-state index is 0.362. The first-order chi connectivity index (χ1) is 14.0. The highest BCUT2D eigenvalue weighted by atomic mass is 15.2. The van der Waals surface area contributed by atoms with E-state index in [9.17, 15) is 0 Å². The van der Waals surface area contributed by atoms with Crippen molar-refractivity contribution in [2.75, 3.05) is 0 Å². The minimum Gasteiger partial charge on any atom is -0.226 e. The highest BCUT2D eigenvalue weighted by molar-refractivity contribution is 5.85. The van der Waals surface area contributed by atoms with Gasteiger partial charge in [-0.05, 0) is 65.6 Å². The molecule has 0 N–H and O–H groups in total. The van der Waals surface area contributed by atoms with Crippen LogP contribution < -0.4 is 4.57 Å². The quantitative estimate of drug-likeness (QED) is 0.352. The molecule has 0 aliphatic heterocycles. The molecule has 6 rings (SSSR count). The van der Waals surface area contributed by atoms with Gasteiger partial charge in [0.25, 0.3) is 0 Å². The van der Waals surface area contributed by atoms with Crippen molar-refractivity contribution in [1.82, 2.24) is 4.57 Å². The maximum absolute atomic E-state index is 2.60. The van der Waals surface area contributed by atoms with Gasteiger partial charge in [-0.1, -0.05) is 63.2 Å². The standard InChI is InChI=1S/C27H29N2/c1-26(2)21-14-15-27(26,3)25(17-21)29-18-28(23-10-6-7-11-24(23)29)22-13-12-19-8-4-5-9-20(19)16-22/h4-13,16,18,21,25H,14-15,17H2,1-3H3/q+1/t21?,25-,27-/m0/s1. The van der Waals surface area contributed by atoms with Crippen molar-refractivity contribution in [1.29, 1.82) is 0 Å². The van der Waals surface area contributed by atoms with Crippen LogP contribution in [0.5, 0.6) is 0 Å². The summed E-state index contributed by atoms with van der Waals surface area (Å²) in [4.78, 5) is 0. The molecule has 0 saturated heterocycles. The number of rotatable bonds is 2. The summed E-state index contributed by atoms with van der Waals surface area (Å²) in [6.07, 6.45) is 6.42. The Morgan fingerprint density at radius 3 is 2.41 bits per heavy atom. The first-order valence-corrected chi connectivity index (χ1v) is 11.0. The second-order valence-electron chi connectivity index (χ2n) is 10.0. The minimum absolute atomic E-state index is 0.362. The lowest BCUT2D eigenvalue weighted by Gasteiger charge is -2.37.